The van der Waals surface area contributed by atoms with E-state index in [1.807, 2.05) is 73.8 Å². The summed E-state index contributed by atoms with van der Waals surface area (Å²) in [6, 6.07) is 21.0. The molecule has 32 heavy (non-hydrogen) atoms. The van der Waals surface area contributed by atoms with Gasteiger partial charge < -0.3 is 25.0 Å². The lowest BCUT2D eigenvalue weighted by atomic mass is 9.87. The summed E-state index contributed by atoms with van der Waals surface area (Å²) >= 11 is 0. The number of hydrogen-bond donors (Lipinski definition) is 2. The van der Waals surface area contributed by atoms with Crippen molar-refractivity contribution in [3.8, 4) is 11.5 Å². The monoisotopic (exact) mass is 433 g/mol. The maximum Gasteiger partial charge on any atom is 0.323 e. The summed E-state index contributed by atoms with van der Waals surface area (Å²) in [6.45, 7) is 6.38. The number of benzene rings is 3. The fraction of sp³-hybridized carbons (Fsp3) is 0.269. The van der Waals surface area contributed by atoms with Crippen LogP contribution in [0.3, 0.4) is 0 Å². The zero-order chi connectivity index (χ0) is 23.3. The van der Waals surface area contributed by atoms with Crippen LogP contribution >= 0.6 is 0 Å². The average molecular weight is 434 g/mol. The van der Waals surface area contributed by atoms with Crippen molar-refractivity contribution < 1.29 is 14.3 Å². The third kappa shape index (κ3) is 5.52. The zero-order valence-corrected chi connectivity index (χ0v) is 19.5. The van der Waals surface area contributed by atoms with Crippen LogP contribution in [0, 0.1) is 0 Å². The molecule has 3 aromatic carbocycles. The van der Waals surface area contributed by atoms with Crippen LogP contribution in [0.25, 0.3) is 0 Å². The number of methoxy groups -OCH3 is 2. The SMILES string of the molecule is COc1ccc(N(C)c2ccc(NC(=O)Nc3cc(C(C)(C)C)ccc3OC)cc2)cc1. The molecule has 0 saturated heterocycles. The third-order valence-electron chi connectivity index (χ3n) is 5.29. The number of amides is 2. The zero-order valence-electron chi connectivity index (χ0n) is 19.5. The van der Waals surface area contributed by atoms with Gasteiger partial charge in [0.2, 0.25) is 0 Å². The number of carbonyl (C=O) groups is 1. The summed E-state index contributed by atoms with van der Waals surface area (Å²) in [7, 11) is 5.23. The van der Waals surface area contributed by atoms with Crippen molar-refractivity contribution in [1.29, 1.82) is 0 Å². The normalized spacial score (nSPS) is 10.9. The highest BCUT2D eigenvalue weighted by Crippen LogP contribution is 2.32. The third-order valence-corrected chi connectivity index (χ3v) is 5.29. The molecule has 0 aromatic heterocycles. The predicted octanol–water partition coefficient (Wildman–Crippen LogP) is 6.41. The Labute approximate surface area is 190 Å². The molecule has 0 spiro atoms. The van der Waals surface area contributed by atoms with E-state index in [2.05, 4.69) is 36.3 Å². The summed E-state index contributed by atoms with van der Waals surface area (Å²) in [6.07, 6.45) is 0. The highest BCUT2D eigenvalue weighted by atomic mass is 16.5. The number of nitrogens with one attached hydrogen (secondary N) is 2. The lowest BCUT2D eigenvalue weighted by Gasteiger charge is -2.21. The van der Waals surface area contributed by atoms with Crippen molar-refractivity contribution in [3.63, 3.8) is 0 Å². The van der Waals surface area contributed by atoms with E-state index in [9.17, 15) is 4.79 Å². The van der Waals surface area contributed by atoms with Crippen LogP contribution in [0.4, 0.5) is 27.5 Å². The number of nitrogens with zero attached hydrogens (tertiary/aromatic N) is 1. The lowest BCUT2D eigenvalue weighted by molar-refractivity contribution is 0.262. The molecule has 0 radical (unpaired) electrons. The Hall–Kier alpha value is -3.67. The van der Waals surface area contributed by atoms with Crippen LogP contribution < -0.4 is 25.0 Å². The largest absolute Gasteiger partial charge is 0.497 e. The molecule has 0 saturated carbocycles. The van der Waals surface area contributed by atoms with E-state index in [4.69, 9.17) is 9.47 Å². The highest BCUT2D eigenvalue weighted by molar-refractivity contribution is 6.00. The number of anilines is 4. The summed E-state index contributed by atoms with van der Waals surface area (Å²) < 4.78 is 10.6. The molecule has 2 amide bonds. The minimum Gasteiger partial charge on any atom is -0.497 e. The maximum atomic E-state index is 12.6. The molecule has 0 atom stereocenters. The van der Waals surface area contributed by atoms with E-state index in [0.717, 1.165) is 22.7 Å². The predicted molar refractivity (Wildman–Crippen MR) is 132 cm³/mol. The molecule has 0 unspecified atom stereocenters. The molecule has 0 heterocycles. The van der Waals surface area contributed by atoms with Gasteiger partial charge in [0.05, 0.1) is 19.9 Å². The minimum atomic E-state index is -0.328. The Kier molecular flexibility index (Phi) is 6.93. The Bertz CT molecular complexity index is 1060. The van der Waals surface area contributed by atoms with Gasteiger partial charge in [-0.1, -0.05) is 26.8 Å². The van der Waals surface area contributed by atoms with Crippen molar-refractivity contribution >= 4 is 28.8 Å². The molecule has 6 heteroatoms. The molecule has 0 fully saturated rings. The van der Waals surface area contributed by atoms with E-state index in [-0.39, 0.29) is 11.4 Å². The number of rotatable bonds is 6. The quantitative estimate of drug-likeness (QED) is 0.471. The van der Waals surface area contributed by atoms with Gasteiger partial charge in [0.1, 0.15) is 11.5 Å². The molecular formula is C26H31N3O3. The number of ether oxygens (including phenoxy) is 2. The van der Waals surface area contributed by atoms with Gasteiger partial charge in [0.25, 0.3) is 0 Å². The van der Waals surface area contributed by atoms with Gasteiger partial charge in [-0.3, -0.25) is 0 Å². The Morgan fingerprint density at radius 3 is 1.94 bits per heavy atom. The van der Waals surface area contributed by atoms with Gasteiger partial charge in [-0.15, -0.1) is 0 Å². The van der Waals surface area contributed by atoms with Gasteiger partial charge >= 0.3 is 6.03 Å². The van der Waals surface area contributed by atoms with Crippen molar-refractivity contribution in [2.75, 3.05) is 36.8 Å². The van der Waals surface area contributed by atoms with Crippen LogP contribution in [0.1, 0.15) is 26.3 Å². The van der Waals surface area contributed by atoms with E-state index >= 15 is 0 Å². The molecule has 0 aliphatic rings. The number of hydrogen-bond acceptors (Lipinski definition) is 4. The summed E-state index contributed by atoms with van der Waals surface area (Å²) in [5, 5.41) is 5.78. The minimum absolute atomic E-state index is 0.0368. The first-order chi connectivity index (χ1) is 15.2. The average Bonchev–Trinajstić information content (AvgIpc) is 2.78. The van der Waals surface area contributed by atoms with E-state index < -0.39 is 0 Å². The Morgan fingerprint density at radius 2 is 1.41 bits per heavy atom. The number of carbonyl (C=O) groups excluding carboxylic acids is 1. The second kappa shape index (κ2) is 9.64. The van der Waals surface area contributed by atoms with Gasteiger partial charge in [-0.25, -0.2) is 4.79 Å². The van der Waals surface area contributed by atoms with E-state index in [0.29, 0.717) is 17.1 Å². The molecule has 3 aromatic rings. The molecule has 3 rings (SSSR count). The van der Waals surface area contributed by atoms with Crippen LogP contribution in [0.15, 0.2) is 66.7 Å². The van der Waals surface area contributed by atoms with Crippen LogP contribution in [-0.2, 0) is 5.41 Å². The van der Waals surface area contributed by atoms with Crippen molar-refractivity contribution in [1.82, 2.24) is 0 Å². The smallest absolute Gasteiger partial charge is 0.323 e. The summed E-state index contributed by atoms with van der Waals surface area (Å²) in [5.74, 6) is 1.43. The van der Waals surface area contributed by atoms with E-state index in [1.165, 1.54) is 0 Å². The van der Waals surface area contributed by atoms with Crippen LogP contribution in [-0.4, -0.2) is 27.3 Å². The highest BCUT2D eigenvalue weighted by Gasteiger charge is 2.17. The first-order valence-electron chi connectivity index (χ1n) is 10.5. The van der Waals surface area contributed by atoms with Gasteiger partial charge in [-0.2, -0.15) is 0 Å². The second-order valence-corrected chi connectivity index (χ2v) is 8.55. The Morgan fingerprint density at radius 1 is 0.812 bits per heavy atom. The molecule has 0 aliphatic carbocycles. The van der Waals surface area contributed by atoms with E-state index in [1.54, 1.807) is 14.2 Å². The topological polar surface area (TPSA) is 62.8 Å². The molecule has 168 valence electrons. The van der Waals surface area contributed by atoms with Crippen molar-refractivity contribution in [2.45, 2.75) is 26.2 Å². The Balaban J connectivity index is 1.68. The fourth-order valence-electron chi connectivity index (χ4n) is 3.28. The first-order valence-corrected chi connectivity index (χ1v) is 10.5. The van der Waals surface area contributed by atoms with Crippen LogP contribution in [0.2, 0.25) is 0 Å². The lowest BCUT2D eigenvalue weighted by Crippen LogP contribution is -2.20. The second-order valence-electron chi connectivity index (χ2n) is 8.55. The van der Waals surface area contributed by atoms with Gasteiger partial charge in [0.15, 0.2) is 0 Å². The molecule has 6 nitrogen and oxygen atoms in total. The van der Waals surface area contributed by atoms with Crippen molar-refractivity contribution in [3.05, 3.63) is 72.3 Å². The molecule has 0 bridgehead atoms. The molecule has 0 aliphatic heterocycles. The standard InChI is InChI=1S/C26H31N3O3/c1-26(2,3)18-7-16-24(32-6)23(17-18)28-25(30)27-19-8-10-20(11-9-19)29(4)21-12-14-22(31-5)15-13-21/h7-17H,1-6H3,(H2,27,28,30). The number of urea groups is 1. The fourth-order valence-corrected chi connectivity index (χ4v) is 3.28. The summed E-state index contributed by atoms with van der Waals surface area (Å²) in [4.78, 5) is 14.7. The maximum absolute atomic E-state index is 12.6. The van der Waals surface area contributed by atoms with Gasteiger partial charge in [0, 0.05) is 24.1 Å². The van der Waals surface area contributed by atoms with Gasteiger partial charge in [-0.05, 0) is 71.6 Å². The molecule has 2 N–H and O–H groups in total. The van der Waals surface area contributed by atoms with Crippen LogP contribution in [0.5, 0.6) is 11.5 Å². The van der Waals surface area contributed by atoms with Crippen molar-refractivity contribution in [2.24, 2.45) is 0 Å². The first kappa shape index (κ1) is 23.0. The molecular weight excluding hydrogens is 402 g/mol. The summed E-state index contributed by atoms with van der Waals surface area (Å²) in [5.41, 5.74) is 4.44.